The van der Waals surface area contributed by atoms with Crippen molar-refractivity contribution < 1.29 is 42.9 Å². The summed E-state index contributed by atoms with van der Waals surface area (Å²) in [5.74, 6) is 2.28. The molecule has 6 heterocycles. The van der Waals surface area contributed by atoms with Crippen LogP contribution in [0.5, 0.6) is 11.5 Å². The van der Waals surface area contributed by atoms with Gasteiger partial charge in [0.2, 0.25) is 11.8 Å². The van der Waals surface area contributed by atoms with Crippen LogP contribution in [0.15, 0.2) is 36.7 Å². The van der Waals surface area contributed by atoms with Crippen LogP contribution < -0.4 is 20.1 Å². The highest BCUT2D eigenvalue weighted by Gasteiger charge is 2.40. The summed E-state index contributed by atoms with van der Waals surface area (Å²) in [6, 6.07) is 6.00. The Labute approximate surface area is 341 Å². The first kappa shape index (κ1) is 39.7. The smallest absolute Gasteiger partial charge is 0.407 e. The topological polar surface area (TPSA) is 202 Å². The number of ether oxygens (including phenoxy) is 5. The Morgan fingerprint density at radius 1 is 0.712 bits per heavy atom. The SMILES string of the molecule is COC(=O)N[C@H](C(=O)N1CCC[C@H]1c1ncc(-c2cc3c4c(c2)OCc2cc(-c5cnc([C@@H]6CCCN6C(=O)[C@@H](NC(=O)OC)[C@@H](C)OC)[nH]5)cc(c2-4)OC3)[nH]1)C(C)C. The number of nitrogens with zero attached hydrogens (tertiary/aromatic N) is 4. The Balaban J connectivity index is 1.01. The number of hydrogen-bond donors (Lipinski definition) is 4. The number of methoxy groups -OCH3 is 3. The number of carbonyl (C=O) groups is 4. The van der Waals surface area contributed by atoms with E-state index in [1.807, 2.05) is 26.0 Å². The number of aromatic nitrogens is 4. The molecule has 5 atom stereocenters. The molecule has 17 nitrogen and oxygen atoms in total. The first-order chi connectivity index (χ1) is 28.5. The number of H-pyrrole nitrogens is 2. The largest absolute Gasteiger partial charge is 0.488 e. The van der Waals surface area contributed by atoms with E-state index in [2.05, 4.69) is 32.7 Å². The van der Waals surface area contributed by atoms with Gasteiger partial charge in [0.25, 0.3) is 0 Å². The second kappa shape index (κ2) is 16.3. The average Bonchev–Trinajstić information content (AvgIpc) is 4.09. The number of alkyl carbamates (subject to hydrolysis) is 2. The normalized spacial score (nSPS) is 19.3. The van der Waals surface area contributed by atoms with Crippen LogP contribution in [0.25, 0.3) is 33.6 Å². The predicted octanol–water partition coefficient (Wildman–Crippen LogP) is 5.39. The van der Waals surface area contributed by atoms with Crippen molar-refractivity contribution in [2.45, 2.75) is 89.9 Å². The second-order valence-corrected chi connectivity index (χ2v) is 15.7. The summed E-state index contributed by atoms with van der Waals surface area (Å²) < 4.78 is 27.8. The van der Waals surface area contributed by atoms with Gasteiger partial charge in [-0.2, -0.15) is 0 Å². The second-order valence-electron chi connectivity index (χ2n) is 15.7. The third-order valence-corrected chi connectivity index (χ3v) is 11.9. The van der Waals surface area contributed by atoms with Gasteiger partial charge in [-0.25, -0.2) is 19.6 Å². The fraction of sp³-hybridized carbons (Fsp3) is 0.476. The van der Waals surface area contributed by atoms with Crippen molar-refractivity contribution in [1.82, 2.24) is 40.4 Å². The van der Waals surface area contributed by atoms with Gasteiger partial charge in [-0.3, -0.25) is 9.59 Å². The maximum absolute atomic E-state index is 13.7. The van der Waals surface area contributed by atoms with Crippen LogP contribution in [0, 0.1) is 5.92 Å². The first-order valence-corrected chi connectivity index (χ1v) is 20.0. The van der Waals surface area contributed by atoms with Crippen LogP contribution in [0.4, 0.5) is 9.59 Å². The molecule has 4 amide bonds. The Hall–Kier alpha value is -6.10. The maximum Gasteiger partial charge on any atom is 0.407 e. The van der Waals surface area contributed by atoms with Crippen molar-refractivity contribution in [3.05, 3.63) is 59.4 Å². The molecule has 0 aliphatic carbocycles. The Kier molecular flexibility index (Phi) is 11.0. The van der Waals surface area contributed by atoms with E-state index in [0.29, 0.717) is 44.4 Å². The quantitative estimate of drug-likeness (QED) is 0.151. The lowest BCUT2D eigenvalue weighted by molar-refractivity contribution is -0.137. The minimum atomic E-state index is -0.920. The summed E-state index contributed by atoms with van der Waals surface area (Å²) in [5, 5.41) is 5.33. The summed E-state index contributed by atoms with van der Waals surface area (Å²) in [6.07, 6.45) is 4.71. The summed E-state index contributed by atoms with van der Waals surface area (Å²) >= 11 is 0. The van der Waals surface area contributed by atoms with Crippen LogP contribution in [-0.2, 0) is 37.0 Å². The fourth-order valence-electron chi connectivity index (χ4n) is 8.68. The molecule has 0 unspecified atom stereocenters. The summed E-state index contributed by atoms with van der Waals surface area (Å²) in [5.41, 5.74) is 7.30. The lowest BCUT2D eigenvalue weighted by atomic mass is 9.87. The molecule has 312 valence electrons. The number of likely N-dealkylation sites (tertiary alicyclic amines) is 2. The highest BCUT2D eigenvalue weighted by molar-refractivity contribution is 5.89. The third kappa shape index (κ3) is 7.43. The van der Waals surface area contributed by atoms with Crippen molar-refractivity contribution in [3.63, 3.8) is 0 Å². The lowest BCUT2D eigenvalue weighted by Crippen LogP contribution is -2.54. The van der Waals surface area contributed by atoms with Gasteiger partial charge in [0.1, 0.15) is 48.4 Å². The maximum atomic E-state index is 13.7. The van der Waals surface area contributed by atoms with Crippen molar-refractivity contribution in [1.29, 1.82) is 0 Å². The molecule has 0 bridgehead atoms. The minimum absolute atomic E-state index is 0.129. The molecular weight excluding hydrogens is 761 g/mol. The van der Waals surface area contributed by atoms with Gasteiger partial charge in [-0.1, -0.05) is 13.8 Å². The molecule has 4 aliphatic heterocycles. The highest BCUT2D eigenvalue weighted by Crippen LogP contribution is 2.51. The molecule has 0 spiro atoms. The lowest BCUT2D eigenvalue weighted by Gasteiger charge is -2.30. The molecule has 17 heteroatoms. The number of hydrogen-bond acceptors (Lipinski definition) is 11. The number of amides is 4. The molecule has 4 aromatic rings. The van der Waals surface area contributed by atoms with Gasteiger partial charge in [0, 0.05) is 53.6 Å². The number of rotatable bonds is 11. The monoisotopic (exact) mass is 810 g/mol. The molecule has 2 aromatic heterocycles. The number of imidazole rings is 2. The molecule has 4 aliphatic rings. The predicted molar refractivity (Wildman–Crippen MR) is 213 cm³/mol. The van der Waals surface area contributed by atoms with Gasteiger partial charge >= 0.3 is 12.2 Å². The van der Waals surface area contributed by atoms with E-state index >= 15 is 0 Å². The van der Waals surface area contributed by atoms with E-state index in [4.69, 9.17) is 33.7 Å². The summed E-state index contributed by atoms with van der Waals surface area (Å²) in [6.45, 7) is 7.26. The number of nitrogens with one attached hydrogen (secondary N) is 4. The molecule has 2 saturated heterocycles. The molecule has 59 heavy (non-hydrogen) atoms. The van der Waals surface area contributed by atoms with Crippen LogP contribution in [0.1, 0.15) is 81.3 Å². The Morgan fingerprint density at radius 2 is 1.17 bits per heavy atom. The van der Waals surface area contributed by atoms with E-state index in [1.54, 1.807) is 29.1 Å². The number of carbonyl (C=O) groups excluding carboxylic acids is 4. The average molecular weight is 811 g/mol. The van der Waals surface area contributed by atoms with Gasteiger partial charge in [0.05, 0.1) is 56.2 Å². The molecule has 2 fully saturated rings. The molecule has 2 aromatic carbocycles. The summed E-state index contributed by atoms with van der Waals surface area (Å²) in [4.78, 5) is 71.4. The van der Waals surface area contributed by atoms with E-state index in [9.17, 15) is 19.2 Å². The molecule has 8 rings (SSSR count). The van der Waals surface area contributed by atoms with Crippen LogP contribution in [0.3, 0.4) is 0 Å². The number of aromatic amines is 2. The standard InChI is InChI=1S/C42H50N8O9/c1-21(2)35(47-41(53)56-5)39(51)49-11-7-9-29(49)37-43-17-27(45-37)23-13-25-19-59-32-16-24(14-26-20-58-31(15-23)33(25)34(26)32)28-18-44-38(46-28)30-10-8-12-50(30)40(52)36(22(3)55-4)48-42(54)57-6/h13-18,21-22,29-30,35-36H,7-12,19-20H2,1-6H3,(H,43,45)(H,44,46)(H,47,53)(H,48,54)/t22-,29+,30+,35+,36+/m1/s1. The van der Waals surface area contributed by atoms with Crippen molar-refractivity contribution in [2.75, 3.05) is 34.4 Å². The van der Waals surface area contributed by atoms with Gasteiger partial charge in [-0.15, -0.1) is 0 Å². The van der Waals surface area contributed by atoms with E-state index in [-0.39, 0.29) is 29.8 Å². The summed E-state index contributed by atoms with van der Waals surface area (Å²) in [7, 11) is 4.03. The van der Waals surface area contributed by atoms with E-state index < -0.39 is 30.4 Å². The zero-order valence-corrected chi connectivity index (χ0v) is 34.0. The van der Waals surface area contributed by atoms with E-state index in [1.165, 1.54) is 21.3 Å². The fourth-order valence-corrected chi connectivity index (χ4v) is 8.68. The molecular formula is C42H50N8O9. The first-order valence-electron chi connectivity index (χ1n) is 20.0. The van der Waals surface area contributed by atoms with Crippen LogP contribution >= 0.6 is 0 Å². The number of benzene rings is 2. The van der Waals surface area contributed by atoms with Crippen LogP contribution in [0.2, 0.25) is 0 Å². The van der Waals surface area contributed by atoms with Crippen LogP contribution in [-0.4, -0.2) is 106 Å². The Bertz CT molecular complexity index is 2220. The van der Waals surface area contributed by atoms with Crippen molar-refractivity contribution >= 4 is 24.0 Å². The highest BCUT2D eigenvalue weighted by atomic mass is 16.5. The zero-order chi connectivity index (χ0) is 41.5. The van der Waals surface area contributed by atoms with Gasteiger partial charge in [0.15, 0.2) is 0 Å². The van der Waals surface area contributed by atoms with E-state index in [0.717, 1.165) is 75.5 Å². The Morgan fingerprint density at radius 3 is 1.61 bits per heavy atom. The third-order valence-electron chi connectivity index (χ3n) is 11.9. The van der Waals surface area contributed by atoms with Gasteiger partial charge < -0.3 is 54.1 Å². The molecule has 0 saturated carbocycles. The van der Waals surface area contributed by atoms with Gasteiger partial charge in [-0.05, 0) is 62.8 Å². The zero-order valence-electron chi connectivity index (χ0n) is 34.0. The minimum Gasteiger partial charge on any atom is -0.488 e. The van der Waals surface area contributed by atoms with Crippen molar-refractivity contribution in [3.8, 4) is 45.1 Å². The molecule has 4 N–H and O–H groups in total. The molecule has 0 radical (unpaired) electrons. The van der Waals surface area contributed by atoms with Crippen molar-refractivity contribution in [2.24, 2.45) is 5.92 Å².